The topological polar surface area (TPSA) is 90.2 Å². The molecule has 0 fully saturated rings. The van der Waals surface area contributed by atoms with Crippen LogP contribution < -0.4 is 11.5 Å². The van der Waals surface area contributed by atoms with Crippen LogP contribution in [-0.4, -0.2) is 17.6 Å². The summed E-state index contributed by atoms with van der Waals surface area (Å²) in [6, 6.07) is 3.86. The van der Waals surface area contributed by atoms with Crippen molar-refractivity contribution in [1.82, 2.24) is 9.97 Å². The summed E-state index contributed by atoms with van der Waals surface area (Å²) < 4.78 is 3.55. The molecule has 0 spiro atoms. The zero-order chi connectivity index (χ0) is 20.4. The summed E-state index contributed by atoms with van der Waals surface area (Å²) in [4.78, 5) is 8.54. The summed E-state index contributed by atoms with van der Waals surface area (Å²) in [7, 11) is 4.34. The number of nitrogen functional groups attached to an aromatic ring is 2. The van der Waals surface area contributed by atoms with Crippen molar-refractivity contribution >= 4 is 47.8 Å². The second-order valence-electron chi connectivity index (χ2n) is 6.41. The van der Waals surface area contributed by atoms with Crippen molar-refractivity contribution in [3.05, 3.63) is 45.4 Å². The van der Waals surface area contributed by atoms with Gasteiger partial charge in [-0.2, -0.15) is 0 Å². The Morgan fingerprint density at radius 3 is 1.92 bits per heavy atom. The van der Waals surface area contributed by atoms with Gasteiger partial charge in [-0.1, -0.05) is 27.7 Å². The molecule has 0 saturated heterocycles. The molecule has 0 bridgehead atoms. The molecule has 26 heavy (non-hydrogen) atoms. The van der Waals surface area contributed by atoms with Crippen LogP contribution in [0.4, 0.5) is 11.4 Å². The van der Waals surface area contributed by atoms with Crippen molar-refractivity contribution < 1.29 is 0 Å². The maximum atomic E-state index is 5.87. The van der Waals surface area contributed by atoms with Gasteiger partial charge < -0.3 is 11.5 Å². The van der Waals surface area contributed by atoms with Crippen molar-refractivity contribution in [2.24, 2.45) is 4.30 Å². The average Bonchev–Trinajstić information content (AvgIpc) is 2.54. The molecular weight excluding hydrogens is 409 g/mol. The fourth-order valence-corrected chi connectivity index (χ4v) is 2.69. The van der Waals surface area contributed by atoms with Crippen LogP contribution in [0.2, 0.25) is 0 Å². The minimum absolute atomic E-state index is 0.376. The summed E-state index contributed by atoms with van der Waals surface area (Å²) >= 11 is 6.54. The molecule has 4 N–H and O–H groups in total. The average molecular weight is 437 g/mol. The summed E-state index contributed by atoms with van der Waals surface area (Å²) in [5.74, 6) is 0.788. The van der Waals surface area contributed by atoms with Crippen molar-refractivity contribution in [3.8, 4) is 0 Å². The molecular formula is C18H28BBrN5S. The SMILES string of the molecule is Cc1cc(Br)nc(C(C)C)c1N.Cc1ccnc(C(C)C)c1N.[B]=NS. The Bertz CT molecular complexity index is 723. The van der Waals surface area contributed by atoms with Gasteiger partial charge in [-0.05, 0) is 64.9 Å². The second-order valence-corrected chi connectivity index (χ2v) is 7.46. The molecule has 2 heterocycles. The Morgan fingerprint density at radius 2 is 1.50 bits per heavy atom. The number of anilines is 2. The van der Waals surface area contributed by atoms with E-state index in [0.29, 0.717) is 11.8 Å². The third kappa shape index (κ3) is 7.87. The summed E-state index contributed by atoms with van der Waals surface area (Å²) in [6.07, 6.45) is 1.81. The number of halogens is 1. The van der Waals surface area contributed by atoms with Gasteiger partial charge in [0.25, 0.3) is 0 Å². The van der Waals surface area contributed by atoms with Crippen molar-refractivity contribution in [3.63, 3.8) is 0 Å². The number of aryl methyl sites for hydroxylation is 2. The standard InChI is InChI=1S/C9H13BrN2.C9H14N2.BHNS/c1-5(2)9-8(11)6(3)4-7(10)12-9;1-6(2)9-8(10)7(3)4-5-11-9;1-2-3/h4-5H,11H2,1-3H3;4-6H,10H2,1-3H3;3H. The molecule has 2 rings (SSSR count). The first-order chi connectivity index (χ1) is 12.1. The fraction of sp³-hybridized carbons (Fsp3) is 0.444. The van der Waals surface area contributed by atoms with E-state index in [1.807, 2.05) is 26.0 Å². The Morgan fingerprint density at radius 1 is 1.04 bits per heavy atom. The number of hydrogen-bond donors (Lipinski definition) is 3. The van der Waals surface area contributed by atoms with Gasteiger partial charge in [-0.25, -0.2) is 4.98 Å². The molecule has 0 amide bonds. The number of rotatable bonds is 2. The van der Waals surface area contributed by atoms with Gasteiger partial charge in [0, 0.05) is 6.20 Å². The normalized spacial score (nSPS) is 9.88. The van der Waals surface area contributed by atoms with E-state index >= 15 is 0 Å². The van der Waals surface area contributed by atoms with E-state index < -0.39 is 0 Å². The predicted molar refractivity (Wildman–Crippen MR) is 120 cm³/mol. The van der Waals surface area contributed by atoms with Gasteiger partial charge in [-0.15, -0.1) is 0 Å². The van der Waals surface area contributed by atoms with E-state index in [9.17, 15) is 0 Å². The molecule has 0 aliphatic rings. The Kier molecular flexibility index (Phi) is 11.4. The van der Waals surface area contributed by atoms with Gasteiger partial charge in [-0.3, -0.25) is 4.98 Å². The monoisotopic (exact) mass is 436 g/mol. The Labute approximate surface area is 172 Å². The molecule has 0 aliphatic carbocycles. The van der Waals surface area contributed by atoms with Crippen molar-refractivity contribution in [2.75, 3.05) is 11.5 Å². The van der Waals surface area contributed by atoms with E-state index in [1.54, 1.807) is 6.20 Å². The van der Waals surface area contributed by atoms with E-state index in [1.165, 1.54) is 0 Å². The second kappa shape index (κ2) is 12.1. The Balaban J connectivity index is 0.000000419. The fourth-order valence-electron chi connectivity index (χ4n) is 2.16. The van der Waals surface area contributed by atoms with Gasteiger partial charge in [0.2, 0.25) is 0 Å². The summed E-state index contributed by atoms with van der Waals surface area (Å²) in [6.45, 7) is 12.4. The number of nitrogens with two attached hydrogens (primary N) is 2. The Hall–Kier alpha value is -1.41. The molecule has 141 valence electrons. The molecule has 0 aromatic carbocycles. The third-order valence-corrected chi connectivity index (χ3v) is 4.00. The van der Waals surface area contributed by atoms with Crippen LogP contribution >= 0.6 is 28.7 Å². The van der Waals surface area contributed by atoms with Gasteiger partial charge >= 0.3 is 24.8 Å². The maximum absolute atomic E-state index is 5.87. The first-order valence-corrected chi connectivity index (χ1v) is 9.43. The number of thiol groups is 1. The first-order valence-electron chi connectivity index (χ1n) is 8.24. The van der Waals surface area contributed by atoms with Crippen LogP contribution in [0.3, 0.4) is 0 Å². The van der Waals surface area contributed by atoms with E-state index in [4.69, 9.17) is 11.5 Å². The number of hydrogen-bond acceptors (Lipinski definition) is 6. The molecule has 2 aromatic heterocycles. The minimum atomic E-state index is 0.376. The van der Waals surface area contributed by atoms with Crippen LogP contribution in [0, 0.1) is 13.8 Å². The number of pyridine rings is 2. The van der Waals surface area contributed by atoms with Gasteiger partial charge in [0.1, 0.15) is 4.60 Å². The van der Waals surface area contributed by atoms with Crippen LogP contribution in [0.5, 0.6) is 0 Å². The van der Waals surface area contributed by atoms with Gasteiger partial charge in [0.05, 0.1) is 22.8 Å². The first kappa shape index (κ1) is 24.6. The molecule has 0 atom stereocenters. The quantitative estimate of drug-likeness (QED) is 0.345. The van der Waals surface area contributed by atoms with E-state index in [-0.39, 0.29) is 0 Å². The van der Waals surface area contributed by atoms with Crippen molar-refractivity contribution in [1.29, 1.82) is 0 Å². The van der Waals surface area contributed by atoms with Gasteiger partial charge in [0.15, 0.2) is 0 Å². The molecule has 5 nitrogen and oxygen atoms in total. The predicted octanol–water partition coefficient (Wildman–Crippen LogP) is 5.14. The van der Waals surface area contributed by atoms with E-state index in [0.717, 1.165) is 38.5 Å². The van der Waals surface area contributed by atoms with Crippen LogP contribution in [0.25, 0.3) is 0 Å². The van der Waals surface area contributed by atoms with Crippen LogP contribution in [-0.2, 0) is 0 Å². The molecule has 2 aromatic rings. The van der Waals surface area contributed by atoms with Crippen LogP contribution in [0.15, 0.2) is 27.2 Å². The zero-order valence-electron chi connectivity index (χ0n) is 16.3. The number of nitrogens with zero attached hydrogens (tertiary/aromatic N) is 3. The zero-order valence-corrected chi connectivity index (χ0v) is 18.8. The number of aromatic nitrogens is 2. The molecule has 0 unspecified atom stereocenters. The summed E-state index contributed by atoms with van der Waals surface area (Å²) in [5.41, 5.74) is 17.5. The molecule has 1 radical (unpaired) electrons. The summed E-state index contributed by atoms with van der Waals surface area (Å²) in [5, 5.41) is 0. The molecule has 8 heteroatoms. The van der Waals surface area contributed by atoms with Crippen LogP contribution in [0.1, 0.15) is 62.0 Å². The molecule has 0 aliphatic heterocycles. The molecule has 0 saturated carbocycles. The van der Waals surface area contributed by atoms with Crippen molar-refractivity contribution in [2.45, 2.75) is 53.4 Å². The third-order valence-electron chi connectivity index (χ3n) is 3.60. The van der Waals surface area contributed by atoms with E-state index in [2.05, 4.69) is 78.3 Å².